The minimum absolute atomic E-state index is 0.00754. The maximum Gasteiger partial charge on any atom is 0.251 e. The van der Waals surface area contributed by atoms with Crippen molar-refractivity contribution in [2.24, 2.45) is 16.5 Å². The largest absolute Gasteiger partial charge is 0.367 e. The Morgan fingerprint density at radius 1 is 1.23 bits per heavy atom. The second-order valence-electron chi connectivity index (χ2n) is 9.00. The van der Waals surface area contributed by atoms with E-state index in [4.69, 9.17) is 9.88 Å². The van der Waals surface area contributed by atoms with Crippen molar-refractivity contribution in [2.45, 2.75) is 50.8 Å². The molecular formula is C20H27N3O6S. The Hall–Kier alpha value is -2.30. The van der Waals surface area contributed by atoms with Crippen LogP contribution in [-0.4, -0.2) is 62.3 Å². The monoisotopic (exact) mass is 437 g/mol. The molecule has 9 nitrogen and oxygen atoms in total. The summed E-state index contributed by atoms with van der Waals surface area (Å²) in [6, 6.07) is 3.63. The fourth-order valence-electron chi connectivity index (χ4n) is 3.94. The van der Waals surface area contributed by atoms with Crippen molar-refractivity contribution in [1.29, 1.82) is 0 Å². The average molecular weight is 438 g/mol. The molecule has 30 heavy (non-hydrogen) atoms. The van der Waals surface area contributed by atoms with Gasteiger partial charge < -0.3 is 15.0 Å². The number of nitrogens with one attached hydrogen (secondary N) is 1. The molecule has 2 heterocycles. The summed E-state index contributed by atoms with van der Waals surface area (Å²) in [4.78, 5) is 39.9. The Morgan fingerprint density at radius 3 is 2.37 bits per heavy atom. The first-order valence-electron chi connectivity index (χ1n) is 9.69. The number of carbonyl (C=O) groups is 3. The van der Waals surface area contributed by atoms with E-state index < -0.39 is 33.4 Å². The van der Waals surface area contributed by atoms with E-state index in [0.29, 0.717) is 6.54 Å². The molecule has 2 aliphatic rings. The summed E-state index contributed by atoms with van der Waals surface area (Å²) >= 11 is 0. The van der Waals surface area contributed by atoms with Crippen LogP contribution in [0, 0.1) is 11.3 Å². The summed E-state index contributed by atoms with van der Waals surface area (Å²) in [5, 5.41) is 7.83. The quantitative estimate of drug-likeness (QED) is 0.695. The molecule has 3 N–H and O–H groups in total. The molecule has 2 saturated heterocycles. The maximum atomic E-state index is 13.4. The van der Waals surface area contributed by atoms with Crippen LogP contribution in [-0.2, 0) is 24.3 Å². The van der Waals surface area contributed by atoms with Crippen LogP contribution >= 0.6 is 0 Å². The zero-order chi connectivity index (χ0) is 22.4. The van der Waals surface area contributed by atoms with E-state index in [-0.39, 0.29) is 40.8 Å². The number of nitrogens with zero attached hydrogens (tertiary/aromatic N) is 1. The van der Waals surface area contributed by atoms with Gasteiger partial charge in [0.1, 0.15) is 18.7 Å². The van der Waals surface area contributed by atoms with Gasteiger partial charge in [-0.2, -0.15) is 0 Å². The lowest BCUT2D eigenvalue weighted by atomic mass is 9.85. The van der Waals surface area contributed by atoms with Crippen molar-refractivity contribution in [1.82, 2.24) is 10.2 Å². The van der Waals surface area contributed by atoms with Gasteiger partial charge in [0.05, 0.1) is 11.0 Å². The summed E-state index contributed by atoms with van der Waals surface area (Å²) in [5.74, 6) is -0.972. The van der Waals surface area contributed by atoms with Gasteiger partial charge in [0.25, 0.3) is 5.91 Å². The number of hydrogen-bond acceptors (Lipinski definition) is 6. The number of primary sulfonamides is 1. The van der Waals surface area contributed by atoms with E-state index in [2.05, 4.69) is 5.32 Å². The topological polar surface area (TPSA) is 136 Å². The summed E-state index contributed by atoms with van der Waals surface area (Å²) < 4.78 is 28.3. The van der Waals surface area contributed by atoms with Crippen LogP contribution in [0.5, 0.6) is 0 Å². The standard InChI is InChI=1S/C20H27N3O6S/c1-11-9-23(15-14(24)10-29-16(11)15)19(26)17(20(2,3)4)22-18(25)12-5-7-13(8-6-12)30(21,27)28/h5-8,11,15-17H,9-10H2,1-4H3,(H,22,25)(H2,21,27,28)/t11?,15-,16+,17?/m1/s1. The van der Waals surface area contributed by atoms with Crippen LogP contribution in [0.15, 0.2) is 29.2 Å². The van der Waals surface area contributed by atoms with Crippen molar-refractivity contribution in [2.75, 3.05) is 13.2 Å². The number of nitrogens with two attached hydrogens (primary N) is 1. The normalized spacial score (nSPS) is 25.2. The smallest absolute Gasteiger partial charge is 0.251 e. The first-order valence-corrected chi connectivity index (χ1v) is 11.2. The van der Waals surface area contributed by atoms with Crippen molar-refractivity contribution >= 4 is 27.6 Å². The molecule has 1 aromatic rings. The average Bonchev–Trinajstić information content (AvgIpc) is 3.18. The highest BCUT2D eigenvalue weighted by molar-refractivity contribution is 7.89. The Kier molecular flexibility index (Phi) is 5.78. The predicted molar refractivity (Wildman–Crippen MR) is 108 cm³/mol. The first kappa shape index (κ1) is 22.4. The third-order valence-corrected chi connectivity index (χ3v) is 6.49. The van der Waals surface area contributed by atoms with Crippen molar-refractivity contribution in [3.8, 4) is 0 Å². The van der Waals surface area contributed by atoms with Crippen LogP contribution in [0.2, 0.25) is 0 Å². The van der Waals surface area contributed by atoms with Crippen molar-refractivity contribution in [3.63, 3.8) is 0 Å². The van der Waals surface area contributed by atoms with Gasteiger partial charge in [-0.05, 0) is 29.7 Å². The Balaban J connectivity index is 1.82. The van der Waals surface area contributed by atoms with E-state index in [9.17, 15) is 22.8 Å². The highest BCUT2D eigenvalue weighted by atomic mass is 32.2. The summed E-state index contributed by atoms with van der Waals surface area (Å²) in [7, 11) is -3.87. The molecule has 2 aliphatic heterocycles. The summed E-state index contributed by atoms with van der Waals surface area (Å²) in [6.45, 7) is 7.77. The molecule has 0 aliphatic carbocycles. The molecule has 164 valence electrons. The number of Topliss-reactive ketones (excluding diaryl/α,β-unsaturated/α-hetero) is 1. The van der Waals surface area contributed by atoms with Gasteiger partial charge in [-0.3, -0.25) is 14.4 Å². The van der Waals surface area contributed by atoms with Crippen molar-refractivity contribution < 1.29 is 27.5 Å². The zero-order valence-electron chi connectivity index (χ0n) is 17.4. The molecule has 0 aromatic heterocycles. The number of hydrogen-bond donors (Lipinski definition) is 2. The molecule has 4 atom stereocenters. The van der Waals surface area contributed by atoms with Crippen molar-refractivity contribution in [3.05, 3.63) is 29.8 Å². The minimum Gasteiger partial charge on any atom is -0.367 e. The molecule has 0 saturated carbocycles. The molecule has 2 unspecified atom stereocenters. The SMILES string of the molecule is CC1CN(C(=O)C(NC(=O)c2ccc(S(N)(=O)=O)cc2)C(C)(C)C)[C@@H]2C(=O)CO[C@@H]12. The fourth-order valence-corrected chi connectivity index (χ4v) is 4.46. The molecule has 0 radical (unpaired) electrons. The molecular weight excluding hydrogens is 410 g/mol. The lowest BCUT2D eigenvalue weighted by Crippen LogP contribution is -2.57. The number of ether oxygens (including phenoxy) is 1. The number of carbonyl (C=O) groups excluding carboxylic acids is 3. The number of ketones is 1. The van der Waals surface area contributed by atoms with Gasteiger partial charge >= 0.3 is 0 Å². The maximum absolute atomic E-state index is 13.4. The third kappa shape index (κ3) is 4.26. The highest BCUT2D eigenvalue weighted by Gasteiger charge is 2.52. The molecule has 2 fully saturated rings. The van der Waals surface area contributed by atoms with Gasteiger partial charge in [-0.1, -0.05) is 27.7 Å². The number of amides is 2. The predicted octanol–water partition coefficient (Wildman–Crippen LogP) is 0.293. The number of sulfonamides is 1. The summed E-state index contributed by atoms with van der Waals surface area (Å²) in [5.41, 5.74) is -0.436. The van der Waals surface area contributed by atoms with E-state index in [0.717, 1.165) is 0 Å². The van der Waals surface area contributed by atoms with Gasteiger partial charge in [-0.25, -0.2) is 13.6 Å². The van der Waals surface area contributed by atoms with E-state index in [1.807, 2.05) is 27.7 Å². The van der Waals surface area contributed by atoms with Crippen LogP contribution in [0.4, 0.5) is 0 Å². The second kappa shape index (κ2) is 7.75. The van der Waals surface area contributed by atoms with E-state index in [1.165, 1.54) is 29.2 Å². The van der Waals surface area contributed by atoms with Crippen LogP contribution in [0.3, 0.4) is 0 Å². The molecule has 1 aromatic carbocycles. The number of rotatable bonds is 4. The van der Waals surface area contributed by atoms with E-state index in [1.54, 1.807) is 0 Å². The number of likely N-dealkylation sites (tertiary alicyclic amines) is 1. The Labute approximate surface area is 176 Å². The molecule has 10 heteroatoms. The highest BCUT2D eigenvalue weighted by Crippen LogP contribution is 2.33. The van der Waals surface area contributed by atoms with Gasteiger partial charge in [0, 0.05) is 18.0 Å². The summed E-state index contributed by atoms with van der Waals surface area (Å²) in [6.07, 6.45) is -0.316. The number of fused-ring (bicyclic) bond motifs is 1. The first-order chi connectivity index (χ1) is 13.8. The second-order valence-corrected chi connectivity index (χ2v) is 10.6. The molecule has 3 rings (SSSR count). The van der Waals surface area contributed by atoms with Crippen LogP contribution in [0.1, 0.15) is 38.1 Å². The fraction of sp³-hybridized carbons (Fsp3) is 0.550. The zero-order valence-corrected chi connectivity index (χ0v) is 18.2. The van der Waals surface area contributed by atoms with Gasteiger partial charge in [-0.15, -0.1) is 0 Å². The van der Waals surface area contributed by atoms with Gasteiger partial charge in [0.15, 0.2) is 5.78 Å². The van der Waals surface area contributed by atoms with Gasteiger partial charge in [0.2, 0.25) is 15.9 Å². The molecule has 0 spiro atoms. The third-order valence-electron chi connectivity index (χ3n) is 5.56. The van der Waals surface area contributed by atoms with E-state index >= 15 is 0 Å². The Morgan fingerprint density at radius 2 is 1.83 bits per heavy atom. The number of benzene rings is 1. The minimum atomic E-state index is -3.87. The molecule has 0 bridgehead atoms. The lowest BCUT2D eigenvalue weighted by molar-refractivity contribution is -0.140. The van der Waals surface area contributed by atoms with Crippen LogP contribution in [0.25, 0.3) is 0 Å². The molecule has 2 amide bonds. The van der Waals surface area contributed by atoms with Crippen LogP contribution < -0.4 is 10.5 Å². The lowest BCUT2D eigenvalue weighted by Gasteiger charge is -2.35. The Bertz CT molecular complexity index is 967.